The van der Waals surface area contributed by atoms with Crippen molar-refractivity contribution >= 4 is 11.6 Å². The summed E-state index contributed by atoms with van der Waals surface area (Å²) in [7, 11) is 0. The van der Waals surface area contributed by atoms with Gasteiger partial charge in [-0.1, -0.05) is 48.9 Å². The Balaban J connectivity index is 2.66. The smallest absolute Gasteiger partial charge is 0.0451 e. The van der Waals surface area contributed by atoms with Crippen LogP contribution in [0.2, 0.25) is 5.02 Å². The van der Waals surface area contributed by atoms with Gasteiger partial charge in [-0.15, -0.1) is 0 Å². The Morgan fingerprint density at radius 2 is 2.07 bits per heavy atom. The topological polar surface area (TPSA) is 3.24 Å². The van der Waals surface area contributed by atoms with Crippen molar-refractivity contribution < 1.29 is 0 Å². The minimum absolute atomic E-state index is 0.845. The van der Waals surface area contributed by atoms with Gasteiger partial charge in [0, 0.05) is 18.1 Å². The lowest BCUT2D eigenvalue weighted by Crippen LogP contribution is -2.24. The van der Waals surface area contributed by atoms with Crippen LogP contribution >= 0.6 is 11.6 Å². The molecule has 0 heterocycles. The van der Waals surface area contributed by atoms with Gasteiger partial charge < -0.3 is 0 Å². The first-order valence-electron chi connectivity index (χ1n) is 5.23. The molecule has 0 aromatic heterocycles. The monoisotopic (exact) mass is 223 g/mol. The van der Waals surface area contributed by atoms with E-state index >= 15 is 0 Å². The summed E-state index contributed by atoms with van der Waals surface area (Å²) in [6.45, 7) is 11.0. The highest BCUT2D eigenvalue weighted by Gasteiger charge is 2.05. The van der Waals surface area contributed by atoms with E-state index in [4.69, 9.17) is 11.6 Å². The number of benzene rings is 1. The van der Waals surface area contributed by atoms with E-state index in [0.717, 1.165) is 24.7 Å². The SMILES string of the molecule is C=C(C)CN(CC)Cc1ccccc1Cl. The molecule has 0 unspecified atom stereocenters. The summed E-state index contributed by atoms with van der Waals surface area (Å²) in [6, 6.07) is 7.99. The predicted octanol–water partition coefficient (Wildman–Crippen LogP) is 3.74. The van der Waals surface area contributed by atoms with E-state index in [1.807, 2.05) is 18.2 Å². The van der Waals surface area contributed by atoms with Crippen molar-refractivity contribution in [1.82, 2.24) is 4.90 Å². The number of rotatable bonds is 5. The van der Waals surface area contributed by atoms with Crippen molar-refractivity contribution in [2.24, 2.45) is 0 Å². The highest BCUT2D eigenvalue weighted by atomic mass is 35.5. The van der Waals surface area contributed by atoms with Crippen LogP contribution < -0.4 is 0 Å². The second kappa shape index (κ2) is 5.94. The number of hydrogen-bond acceptors (Lipinski definition) is 1. The fourth-order valence-electron chi connectivity index (χ4n) is 1.53. The van der Waals surface area contributed by atoms with Gasteiger partial charge in [-0.25, -0.2) is 0 Å². The Morgan fingerprint density at radius 1 is 1.40 bits per heavy atom. The molecule has 0 saturated carbocycles. The average molecular weight is 224 g/mol. The highest BCUT2D eigenvalue weighted by molar-refractivity contribution is 6.31. The predicted molar refractivity (Wildman–Crippen MR) is 67.2 cm³/mol. The lowest BCUT2D eigenvalue weighted by atomic mass is 10.2. The fraction of sp³-hybridized carbons (Fsp3) is 0.385. The summed E-state index contributed by atoms with van der Waals surface area (Å²) in [6.07, 6.45) is 0. The zero-order valence-electron chi connectivity index (χ0n) is 9.46. The second-order valence-electron chi connectivity index (χ2n) is 3.85. The average Bonchev–Trinajstić information content (AvgIpc) is 2.19. The number of likely N-dealkylation sites (N-methyl/N-ethyl adjacent to an activating group) is 1. The number of halogens is 1. The first-order chi connectivity index (χ1) is 7.13. The van der Waals surface area contributed by atoms with Gasteiger partial charge in [-0.2, -0.15) is 0 Å². The zero-order chi connectivity index (χ0) is 11.3. The lowest BCUT2D eigenvalue weighted by molar-refractivity contribution is 0.304. The number of hydrogen-bond donors (Lipinski definition) is 0. The molecule has 0 N–H and O–H groups in total. The van der Waals surface area contributed by atoms with E-state index < -0.39 is 0 Å². The van der Waals surface area contributed by atoms with Crippen molar-refractivity contribution in [2.45, 2.75) is 20.4 Å². The molecule has 0 bridgehead atoms. The van der Waals surface area contributed by atoms with Crippen LogP contribution in [0.5, 0.6) is 0 Å². The standard InChI is InChI=1S/C13H18ClN/c1-4-15(9-11(2)3)10-12-7-5-6-8-13(12)14/h5-8H,2,4,9-10H2,1,3H3. The van der Waals surface area contributed by atoms with E-state index in [1.54, 1.807) is 0 Å². The van der Waals surface area contributed by atoms with Crippen molar-refractivity contribution in [3.8, 4) is 0 Å². The Bertz CT molecular complexity index is 333. The molecule has 0 aliphatic heterocycles. The summed E-state index contributed by atoms with van der Waals surface area (Å²) in [5.74, 6) is 0. The summed E-state index contributed by atoms with van der Waals surface area (Å²) in [4.78, 5) is 2.32. The minimum atomic E-state index is 0.845. The highest BCUT2D eigenvalue weighted by Crippen LogP contribution is 2.17. The van der Waals surface area contributed by atoms with Crippen LogP contribution in [-0.2, 0) is 6.54 Å². The molecule has 0 fully saturated rings. The van der Waals surface area contributed by atoms with Gasteiger partial charge in [0.1, 0.15) is 0 Å². The zero-order valence-corrected chi connectivity index (χ0v) is 10.2. The van der Waals surface area contributed by atoms with Gasteiger partial charge in [0.2, 0.25) is 0 Å². The van der Waals surface area contributed by atoms with E-state index in [0.29, 0.717) is 0 Å². The number of nitrogens with zero attached hydrogens (tertiary/aromatic N) is 1. The summed E-state index contributed by atoms with van der Waals surface area (Å²) in [5, 5.41) is 0.845. The van der Waals surface area contributed by atoms with E-state index in [-0.39, 0.29) is 0 Å². The normalized spacial score (nSPS) is 10.7. The Kier molecular flexibility index (Phi) is 4.86. The first-order valence-corrected chi connectivity index (χ1v) is 5.61. The molecule has 1 aromatic rings. The van der Waals surface area contributed by atoms with Crippen molar-refractivity contribution in [3.05, 3.63) is 47.0 Å². The van der Waals surface area contributed by atoms with Crippen LogP contribution in [-0.4, -0.2) is 18.0 Å². The fourth-order valence-corrected chi connectivity index (χ4v) is 1.72. The lowest BCUT2D eigenvalue weighted by Gasteiger charge is -2.20. The molecule has 0 amide bonds. The van der Waals surface area contributed by atoms with Crippen molar-refractivity contribution in [3.63, 3.8) is 0 Å². The molecule has 1 aromatic carbocycles. The molecule has 0 atom stereocenters. The maximum Gasteiger partial charge on any atom is 0.0451 e. The van der Waals surface area contributed by atoms with Gasteiger partial charge in [-0.3, -0.25) is 4.90 Å². The Hall–Kier alpha value is -0.790. The van der Waals surface area contributed by atoms with E-state index in [2.05, 4.69) is 31.4 Å². The molecular formula is C13H18ClN. The van der Waals surface area contributed by atoms with Gasteiger partial charge in [0.25, 0.3) is 0 Å². The maximum absolute atomic E-state index is 6.11. The third-order valence-corrected chi connectivity index (χ3v) is 2.66. The molecule has 0 aliphatic carbocycles. The maximum atomic E-state index is 6.11. The molecule has 0 radical (unpaired) electrons. The summed E-state index contributed by atoms with van der Waals surface area (Å²) >= 11 is 6.11. The molecule has 1 nitrogen and oxygen atoms in total. The minimum Gasteiger partial charge on any atom is -0.295 e. The van der Waals surface area contributed by atoms with Crippen LogP contribution in [0, 0.1) is 0 Å². The van der Waals surface area contributed by atoms with Gasteiger partial charge in [0.15, 0.2) is 0 Å². The van der Waals surface area contributed by atoms with Crippen LogP contribution in [0.1, 0.15) is 19.4 Å². The van der Waals surface area contributed by atoms with Crippen LogP contribution in [0.15, 0.2) is 36.4 Å². The van der Waals surface area contributed by atoms with Gasteiger partial charge in [0.05, 0.1) is 0 Å². The molecule has 0 spiro atoms. The van der Waals surface area contributed by atoms with E-state index in [1.165, 1.54) is 11.1 Å². The third-order valence-electron chi connectivity index (χ3n) is 2.29. The molecule has 0 saturated heterocycles. The van der Waals surface area contributed by atoms with Crippen LogP contribution in [0.4, 0.5) is 0 Å². The van der Waals surface area contributed by atoms with Crippen molar-refractivity contribution in [2.75, 3.05) is 13.1 Å². The Morgan fingerprint density at radius 3 is 2.60 bits per heavy atom. The van der Waals surface area contributed by atoms with E-state index in [9.17, 15) is 0 Å². The quantitative estimate of drug-likeness (QED) is 0.688. The molecule has 0 aliphatic rings. The molecule has 1 rings (SSSR count). The first kappa shape index (κ1) is 12.3. The largest absolute Gasteiger partial charge is 0.295 e. The molecule has 82 valence electrons. The van der Waals surface area contributed by atoms with Crippen LogP contribution in [0.25, 0.3) is 0 Å². The second-order valence-corrected chi connectivity index (χ2v) is 4.26. The summed E-state index contributed by atoms with van der Waals surface area (Å²) in [5.41, 5.74) is 2.37. The van der Waals surface area contributed by atoms with Crippen LogP contribution in [0.3, 0.4) is 0 Å². The van der Waals surface area contributed by atoms with Gasteiger partial charge in [-0.05, 0) is 25.1 Å². The molecular weight excluding hydrogens is 206 g/mol. The van der Waals surface area contributed by atoms with Gasteiger partial charge >= 0.3 is 0 Å². The summed E-state index contributed by atoms with van der Waals surface area (Å²) < 4.78 is 0. The molecule has 2 heteroatoms. The molecule has 15 heavy (non-hydrogen) atoms. The third kappa shape index (κ3) is 4.06. The van der Waals surface area contributed by atoms with Crippen molar-refractivity contribution in [1.29, 1.82) is 0 Å². The Labute approximate surface area is 97.4 Å².